The Balaban J connectivity index is 3.42. The second kappa shape index (κ2) is 4.73. The Bertz CT molecular complexity index is 76.8. The third-order valence-corrected chi connectivity index (χ3v) is 1.48. The van der Waals surface area contributed by atoms with Crippen molar-refractivity contribution in [1.29, 1.82) is 0 Å². The van der Waals surface area contributed by atoms with Gasteiger partial charge >= 0.3 is 0 Å². The summed E-state index contributed by atoms with van der Waals surface area (Å²) in [6.45, 7) is 11.0. The van der Waals surface area contributed by atoms with Gasteiger partial charge in [0.2, 0.25) is 0 Å². The molecule has 0 saturated carbocycles. The second-order valence-electron chi connectivity index (χ2n) is 3.21. The predicted molar refractivity (Wildman–Crippen MR) is 44.9 cm³/mol. The monoisotopic (exact) mass is 143 g/mol. The van der Waals surface area contributed by atoms with Crippen LogP contribution in [0.1, 0.15) is 40.0 Å². The van der Waals surface area contributed by atoms with E-state index < -0.39 is 0 Å². The van der Waals surface area contributed by atoms with E-state index >= 15 is 0 Å². The largest absolute Gasteiger partial charge is 0.376 e. The summed E-state index contributed by atoms with van der Waals surface area (Å²) in [5, 5.41) is 0. The standard InChI is InChI=1S/C9H19O/c1-5-7-9(3,4)10-8-6-2/h1,5-8H2,2-4H3. The highest BCUT2D eigenvalue weighted by Gasteiger charge is 2.15. The van der Waals surface area contributed by atoms with Crippen LogP contribution in [-0.2, 0) is 4.74 Å². The highest BCUT2D eigenvalue weighted by molar-refractivity contribution is 4.68. The van der Waals surface area contributed by atoms with Crippen LogP contribution in [0.25, 0.3) is 0 Å². The normalized spacial score (nSPS) is 12.0. The van der Waals surface area contributed by atoms with Crippen LogP contribution in [0.3, 0.4) is 0 Å². The number of hydrogen-bond donors (Lipinski definition) is 0. The second-order valence-corrected chi connectivity index (χ2v) is 3.21. The van der Waals surface area contributed by atoms with Gasteiger partial charge in [-0.1, -0.05) is 20.3 Å². The molecule has 61 valence electrons. The minimum Gasteiger partial charge on any atom is -0.376 e. The molecule has 0 heterocycles. The molecule has 0 aromatic carbocycles. The summed E-state index contributed by atoms with van der Waals surface area (Å²) in [4.78, 5) is 0. The topological polar surface area (TPSA) is 9.23 Å². The average molecular weight is 143 g/mol. The molecule has 0 amide bonds. The van der Waals surface area contributed by atoms with Crippen LogP contribution in [-0.4, -0.2) is 12.2 Å². The van der Waals surface area contributed by atoms with E-state index in [1.165, 1.54) is 0 Å². The van der Waals surface area contributed by atoms with Crippen molar-refractivity contribution in [2.24, 2.45) is 0 Å². The fraction of sp³-hybridized carbons (Fsp3) is 0.889. The Hall–Kier alpha value is -0.0400. The van der Waals surface area contributed by atoms with Crippen LogP contribution in [0.5, 0.6) is 0 Å². The minimum absolute atomic E-state index is 0.0394. The maximum atomic E-state index is 5.58. The lowest BCUT2D eigenvalue weighted by atomic mass is 10.0. The SMILES string of the molecule is [CH2]CCC(C)(C)OCCC. The van der Waals surface area contributed by atoms with Gasteiger partial charge in [0.1, 0.15) is 0 Å². The summed E-state index contributed by atoms with van der Waals surface area (Å²) < 4.78 is 5.58. The predicted octanol–water partition coefficient (Wildman–Crippen LogP) is 2.81. The Kier molecular flexibility index (Phi) is 4.71. The maximum absolute atomic E-state index is 5.58. The van der Waals surface area contributed by atoms with E-state index in [1.54, 1.807) is 0 Å². The Morgan fingerprint density at radius 1 is 1.40 bits per heavy atom. The van der Waals surface area contributed by atoms with Gasteiger partial charge in [0.15, 0.2) is 0 Å². The van der Waals surface area contributed by atoms with Crippen molar-refractivity contribution in [3.05, 3.63) is 6.92 Å². The van der Waals surface area contributed by atoms with E-state index in [0.717, 1.165) is 25.9 Å². The van der Waals surface area contributed by atoms with Gasteiger partial charge in [0, 0.05) is 6.61 Å². The zero-order valence-electron chi connectivity index (χ0n) is 7.44. The molecule has 0 aliphatic heterocycles. The summed E-state index contributed by atoms with van der Waals surface area (Å²) in [6, 6.07) is 0. The molecule has 10 heavy (non-hydrogen) atoms. The minimum atomic E-state index is 0.0394. The first-order valence-corrected chi connectivity index (χ1v) is 4.05. The van der Waals surface area contributed by atoms with E-state index in [0.29, 0.717) is 0 Å². The molecule has 0 rings (SSSR count). The summed E-state index contributed by atoms with van der Waals surface area (Å²) in [7, 11) is 0. The van der Waals surface area contributed by atoms with Gasteiger partial charge in [-0.2, -0.15) is 0 Å². The van der Waals surface area contributed by atoms with Crippen LogP contribution in [0.15, 0.2) is 0 Å². The maximum Gasteiger partial charge on any atom is 0.0626 e. The third-order valence-electron chi connectivity index (χ3n) is 1.48. The van der Waals surface area contributed by atoms with Crippen molar-refractivity contribution in [1.82, 2.24) is 0 Å². The highest BCUT2D eigenvalue weighted by atomic mass is 16.5. The number of hydrogen-bond acceptors (Lipinski definition) is 1. The molecule has 1 nitrogen and oxygen atoms in total. The zero-order chi connectivity index (χ0) is 8.04. The molecule has 0 spiro atoms. The fourth-order valence-corrected chi connectivity index (χ4v) is 0.876. The molecular formula is C9H19O. The summed E-state index contributed by atoms with van der Waals surface area (Å²) >= 11 is 0. The lowest BCUT2D eigenvalue weighted by Crippen LogP contribution is -2.24. The van der Waals surface area contributed by atoms with Crippen LogP contribution in [0, 0.1) is 6.92 Å². The Morgan fingerprint density at radius 2 is 2.00 bits per heavy atom. The van der Waals surface area contributed by atoms with Gasteiger partial charge in [0.05, 0.1) is 5.60 Å². The first-order valence-electron chi connectivity index (χ1n) is 4.05. The molecule has 0 unspecified atom stereocenters. The smallest absolute Gasteiger partial charge is 0.0626 e. The lowest BCUT2D eigenvalue weighted by molar-refractivity contribution is -0.0223. The lowest BCUT2D eigenvalue weighted by Gasteiger charge is -2.24. The first kappa shape index (κ1) is 9.96. The molecule has 0 aromatic rings. The van der Waals surface area contributed by atoms with E-state index in [9.17, 15) is 0 Å². The van der Waals surface area contributed by atoms with E-state index in [-0.39, 0.29) is 5.60 Å². The molecule has 0 atom stereocenters. The molecule has 0 N–H and O–H groups in total. The van der Waals surface area contributed by atoms with Crippen LogP contribution in [0.4, 0.5) is 0 Å². The summed E-state index contributed by atoms with van der Waals surface area (Å²) in [6.07, 6.45) is 3.10. The van der Waals surface area contributed by atoms with Gasteiger partial charge in [-0.15, -0.1) is 0 Å². The molecule has 0 bridgehead atoms. The first-order chi connectivity index (χ1) is 4.62. The average Bonchev–Trinajstić information content (AvgIpc) is 1.84. The quantitative estimate of drug-likeness (QED) is 0.575. The van der Waals surface area contributed by atoms with Crippen LogP contribution >= 0.6 is 0 Å². The van der Waals surface area contributed by atoms with Crippen molar-refractivity contribution < 1.29 is 4.74 Å². The molecular weight excluding hydrogens is 124 g/mol. The molecule has 0 aromatic heterocycles. The van der Waals surface area contributed by atoms with Gasteiger partial charge in [-0.05, 0) is 26.7 Å². The van der Waals surface area contributed by atoms with Gasteiger partial charge in [-0.25, -0.2) is 0 Å². The Morgan fingerprint density at radius 3 is 2.40 bits per heavy atom. The van der Waals surface area contributed by atoms with Crippen molar-refractivity contribution >= 4 is 0 Å². The molecule has 0 fully saturated rings. The number of ether oxygens (including phenoxy) is 1. The van der Waals surface area contributed by atoms with Crippen molar-refractivity contribution in [3.8, 4) is 0 Å². The molecule has 1 radical (unpaired) electrons. The molecule has 0 aliphatic carbocycles. The van der Waals surface area contributed by atoms with Gasteiger partial charge < -0.3 is 4.74 Å². The third kappa shape index (κ3) is 4.80. The zero-order valence-corrected chi connectivity index (χ0v) is 7.44. The Labute approximate surface area is 64.8 Å². The molecule has 1 heteroatoms. The molecule has 0 saturated heterocycles. The summed E-state index contributed by atoms with van der Waals surface area (Å²) in [5.41, 5.74) is 0.0394. The van der Waals surface area contributed by atoms with Crippen molar-refractivity contribution in [2.45, 2.75) is 45.6 Å². The van der Waals surface area contributed by atoms with Crippen molar-refractivity contribution in [2.75, 3.05) is 6.61 Å². The fourth-order valence-electron chi connectivity index (χ4n) is 0.876. The van der Waals surface area contributed by atoms with Crippen LogP contribution in [0.2, 0.25) is 0 Å². The van der Waals surface area contributed by atoms with Crippen molar-refractivity contribution in [3.63, 3.8) is 0 Å². The van der Waals surface area contributed by atoms with Gasteiger partial charge in [-0.3, -0.25) is 0 Å². The molecule has 0 aliphatic rings. The van der Waals surface area contributed by atoms with Gasteiger partial charge in [0.25, 0.3) is 0 Å². The summed E-state index contributed by atoms with van der Waals surface area (Å²) in [5.74, 6) is 0. The van der Waals surface area contributed by atoms with E-state index in [4.69, 9.17) is 4.74 Å². The highest BCUT2D eigenvalue weighted by Crippen LogP contribution is 2.15. The number of rotatable bonds is 5. The van der Waals surface area contributed by atoms with E-state index in [2.05, 4.69) is 27.7 Å². The van der Waals surface area contributed by atoms with E-state index in [1.807, 2.05) is 0 Å². The van der Waals surface area contributed by atoms with Crippen LogP contribution < -0.4 is 0 Å².